The average molecular weight is 413 g/mol. The van der Waals surface area contributed by atoms with Gasteiger partial charge in [0.05, 0.1) is 17.9 Å². The first-order valence-corrected chi connectivity index (χ1v) is 12.4. The topological polar surface area (TPSA) is 58.3 Å². The zero-order valence-corrected chi connectivity index (χ0v) is 19.3. The van der Waals surface area contributed by atoms with Crippen molar-refractivity contribution >= 4 is 6.08 Å². The molecular weight excluding hydrogens is 372 g/mol. The van der Waals surface area contributed by atoms with Crippen molar-refractivity contribution in [1.82, 2.24) is 9.78 Å². The molecular formula is C26H40N2O2. The van der Waals surface area contributed by atoms with Crippen LogP contribution in [0.1, 0.15) is 83.4 Å². The normalized spacial score (nSPS) is 47.1. The Morgan fingerprint density at radius 3 is 2.60 bits per heavy atom. The van der Waals surface area contributed by atoms with E-state index in [0.717, 1.165) is 49.8 Å². The Morgan fingerprint density at radius 1 is 1.10 bits per heavy atom. The summed E-state index contributed by atoms with van der Waals surface area (Å²) in [7, 11) is 0. The van der Waals surface area contributed by atoms with Gasteiger partial charge in [0.25, 0.3) is 0 Å². The molecule has 4 aliphatic rings. The molecule has 166 valence electrons. The van der Waals surface area contributed by atoms with Gasteiger partial charge in [-0.05, 0) is 106 Å². The predicted octanol–water partition coefficient (Wildman–Crippen LogP) is 4.97. The number of hydrogen-bond donors (Lipinski definition) is 2. The third kappa shape index (κ3) is 2.97. The zero-order valence-electron chi connectivity index (χ0n) is 19.3. The number of fused-ring (bicyclic) bond motifs is 5. The van der Waals surface area contributed by atoms with E-state index in [2.05, 4.69) is 45.1 Å². The summed E-state index contributed by atoms with van der Waals surface area (Å²) in [5.41, 5.74) is 3.86. The Labute approximate surface area is 181 Å². The Morgan fingerprint density at radius 2 is 1.87 bits per heavy atom. The molecule has 0 bridgehead atoms. The van der Waals surface area contributed by atoms with E-state index in [0.29, 0.717) is 17.3 Å². The third-order valence-corrected chi connectivity index (χ3v) is 10.2. The first-order valence-electron chi connectivity index (χ1n) is 12.4. The SMILES string of the molecule is CCn1cc(/C=C2/C[C@H]3[C@@H]4CC[C@H]5C[C@@H](O)CC[C@]5(C)[C@H]4CC[C@]3(C)[C@@H]2O)c(C)n1. The summed E-state index contributed by atoms with van der Waals surface area (Å²) in [6.07, 6.45) is 13.1. The predicted molar refractivity (Wildman–Crippen MR) is 120 cm³/mol. The Kier molecular flexibility index (Phi) is 4.98. The molecule has 1 aromatic rings. The molecule has 5 rings (SSSR count). The van der Waals surface area contributed by atoms with Crippen LogP contribution in [0.25, 0.3) is 6.08 Å². The van der Waals surface area contributed by atoms with Crippen LogP contribution in [0.5, 0.6) is 0 Å². The van der Waals surface area contributed by atoms with Crippen molar-refractivity contribution in [3.8, 4) is 0 Å². The average Bonchev–Trinajstić information content (AvgIpc) is 3.20. The second-order valence-electron chi connectivity index (χ2n) is 11.5. The number of rotatable bonds is 2. The summed E-state index contributed by atoms with van der Waals surface area (Å²) in [5.74, 6) is 2.76. The number of nitrogens with zero attached hydrogens (tertiary/aromatic N) is 2. The zero-order chi connectivity index (χ0) is 21.3. The lowest BCUT2D eigenvalue weighted by Crippen LogP contribution is -2.54. The largest absolute Gasteiger partial charge is 0.393 e. The van der Waals surface area contributed by atoms with E-state index in [4.69, 9.17) is 0 Å². The van der Waals surface area contributed by atoms with Gasteiger partial charge in [-0.2, -0.15) is 5.10 Å². The number of aryl methyl sites for hydroxylation is 2. The third-order valence-electron chi connectivity index (χ3n) is 10.2. The number of hydrogen-bond acceptors (Lipinski definition) is 3. The number of aromatic nitrogens is 2. The second-order valence-corrected chi connectivity index (χ2v) is 11.5. The van der Waals surface area contributed by atoms with Gasteiger partial charge >= 0.3 is 0 Å². The Balaban J connectivity index is 1.44. The molecule has 0 spiro atoms. The van der Waals surface area contributed by atoms with E-state index in [1.54, 1.807) is 0 Å². The summed E-state index contributed by atoms with van der Waals surface area (Å²) in [6, 6.07) is 0. The highest BCUT2D eigenvalue weighted by Crippen LogP contribution is 2.67. The van der Waals surface area contributed by atoms with Gasteiger partial charge in [-0.25, -0.2) is 0 Å². The van der Waals surface area contributed by atoms with E-state index in [1.165, 1.54) is 36.8 Å². The molecule has 4 heteroatoms. The van der Waals surface area contributed by atoms with E-state index < -0.39 is 0 Å². The van der Waals surface area contributed by atoms with Crippen molar-refractivity contribution in [1.29, 1.82) is 0 Å². The van der Waals surface area contributed by atoms with E-state index in [9.17, 15) is 10.2 Å². The van der Waals surface area contributed by atoms with Crippen LogP contribution in [0.4, 0.5) is 0 Å². The number of aliphatic hydroxyl groups is 2. The quantitative estimate of drug-likeness (QED) is 0.721. The van der Waals surface area contributed by atoms with Crippen LogP contribution in [0.2, 0.25) is 0 Å². The summed E-state index contributed by atoms with van der Waals surface area (Å²) in [4.78, 5) is 0. The van der Waals surface area contributed by atoms with Gasteiger partial charge in [-0.3, -0.25) is 4.68 Å². The van der Waals surface area contributed by atoms with Gasteiger partial charge in [-0.15, -0.1) is 0 Å². The number of aliphatic hydroxyl groups excluding tert-OH is 2. The Bertz CT molecular complexity index is 844. The molecule has 4 fully saturated rings. The smallest absolute Gasteiger partial charge is 0.0809 e. The van der Waals surface area contributed by atoms with Gasteiger partial charge in [0, 0.05) is 23.7 Å². The fourth-order valence-corrected chi connectivity index (χ4v) is 8.27. The van der Waals surface area contributed by atoms with Crippen molar-refractivity contribution in [2.75, 3.05) is 0 Å². The Hall–Kier alpha value is -1.13. The van der Waals surface area contributed by atoms with Crippen LogP contribution in [0, 0.1) is 41.4 Å². The van der Waals surface area contributed by atoms with E-state index >= 15 is 0 Å². The van der Waals surface area contributed by atoms with E-state index in [-0.39, 0.29) is 17.6 Å². The minimum atomic E-state index is -0.327. The molecule has 0 amide bonds. The minimum Gasteiger partial charge on any atom is -0.393 e. The van der Waals surface area contributed by atoms with Crippen molar-refractivity contribution < 1.29 is 10.2 Å². The molecule has 0 saturated heterocycles. The van der Waals surface area contributed by atoms with Crippen molar-refractivity contribution in [2.24, 2.45) is 34.5 Å². The standard InChI is InChI=1S/C26H40N2O2/c1-5-28-15-18(16(2)27-28)12-17-13-23-21-7-6-19-14-20(29)8-10-25(19,3)22(21)9-11-26(23,4)24(17)30/h12,15,19-24,29-30H,5-11,13-14H2,1-4H3/b17-12-/t19-,20-,21+,22-,23-,24+,25-,26-/m0/s1. The fraction of sp³-hybridized carbons (Fsp3) is 0.808. The van der Waals surface area contributed by atoms with Crippen LogP contribution >= 0.6 is 0 Å². The van der Waals surface area contributed by atoms with Crippen molar-refractivity contribution in [2.45, 2.75) is 97.8 Å². The maximum atomic E-state index is 11.5. The van der Waals surface area contributed by atoms with Crippen LogP contribution in [-0.2, 0) is 6.54 Å². The molecule has 4 aliphatic carbocycles. The second kappa shape index (κ2) is 7.20. The van der Waals surface area contributed by atoms with Crippen LogP contribution in [0.15, 0.2) is 11.8 Å². The molecule has 0 unspecified atom stereocenters. The lowest BCUT2D eigenvalue weighted by Gasteiger charge is -2.60. The van der Waals surface area contributed by atoms with Gasteiger partial charge in [0.1, 0.15) is 0 Å². The molecule has 4 nitrogen and oxygen atoms in total. The van der Waals surface area contributed by atoms with Crippen LogP contribution in [0.3, 0.4) is 0 Å². The molecule has 0 aliphatic heterocycles. The van der Waals surface area contributed by atoms with E-state index in [1.807, 2.05) is 4.68 Å². The van der Waals surface area contributed by atoms with Gasteiger partial charge < -0.3 is 10.2 Å². The highest BCUT2D eigenvalue weighted by molar-refractivity contribution is 5.56. The van der Waals surface area contributed by atoms with Crippen LogP contribution < -0.4 is 0 Å². The highest BCUT2D eigenvalue weighted by Gasteiger charge is 2.61. The van der Waals surface area contributed by atoms with Crippen molar-refractivity contribution in [3.05, 3.63) is 23.0 Å². The maximum absolute atomic E-state index is 11.5. The van der Waals surface area contributed by atoms with Crippen molar-refractivity contribution in [3.63, 3.8) is 0 Å². The first kappa shape index (κ1) is 20.8. The molecule has 2 N–H and O–H groups in total. The van der Waals surface area contributed by atoms with Gasteiger partial charge in [0.15, 0.2) is 0 Å². The summed E-state index contributed by atoms with van der Waals surface area (Å²) in [6.45, 7) is 9.97. The molecule has 4 saturated carbocycles. The highest BCUT2D eigenvalue weighted by atomic mass is 16.3. The molecule has 0 aromatic carbocycles. The molecule has 30 heavy (non-hydrogen) atoms. The summed E-state index contributed by atoms with van der Waals surface area (Å²) in [5, 5.41) is 26.3. The summed E-state index contributed by atoms with van der Waals surface area (Å²) < 4.78 is 1.99. The maximum Gasteiger partial charge on any atom is 0.0809 e. The van der Waals surface area contributed by atoms with Crippen LogP contribution in [-0.4, -0.2) is 32.2 Å². The lowest BCUT2D eigenvalue weighted by molar-refractivity contribution is -0.133. The lowest BCUT2D eigenvalue weighted by atomic mass is 9.45. The first-order chi connectivity index (χ1) is 14.3. The molecule has 1 aromatic heterocycles. The molecule has 0 radical (unpaired) electrons. The molecule has 1 heterocycles. The summed E-state index contributed by atoms with van der Waals surface area (Å²) >= 11 is 0. The monoisotopic (exact) mass is 412 g/mol. The fourth-order valence-electron chi connectivity index (χ4n) is 8.27. The molecule has 8 atom stereocenters. The van der Waals surface area contributed by atoms with Gasteiger partial charge in [-0.1, -0.05) is 13.8 Å². The minimum absolute atomic E-state index is 0.0129. The van der Waals surface area contributed by atoms with Gasteiger partial charge in [0.2, 0.25) is 0 Å².